The first-order valence-electron chi connectivity index (χ1n) is 8.50. The zero-order chi connectivity index (χ0) is 19.4. The van der Waals surface area contributed by atoms with Crippen molar-refractivity contribution in [1.29, 1.82) is 0 Å². The van der Waals surface area contributed by atoms with E-state index in [0.29, 0.717) is 0 Å². The monoisotopic (exact) mass is 385 g/mol. The second-order valence-corrected chi connectivity index (χ2v) is 7.49. The molecule has 1 saturated carbocycles. The van der Waals surface area contributed by atoms with E-state index in [4.69, 9.17) is 29.4 Å². The molecule has 0 aromatic carbocycles. The summed E-state index contributed by atoms with van der Waals surface area (Å²) < 4.78 is 27.8. The van der Waals surface area contributed by atoms with Gasteiger partial charge in [-0.3, -0.25) is 9.59 Å². The van der Waals surface area contributed by atoms with Crippen LogP contribution in [-0.4, -0.2) is 82.5 Å². The van der Waals surface area contributed by atoms with Gasteiger partial charge in [0.1, 0.15) is 30.5 Å². The second-order valence-electron chi connectivity index (χ2n) is 7.49. The fraction of sp³-hybridized carbons (Fsp3) is 0.800. The lowest BCUT2D eigenvalue weighted by Gasteiger charge is -2.68. The van der Waals surface area contributed by atoms with Crippen molar-refractivity contribution in [2.24, 2.45) is 16.6 Å². The fourth-order valence-electron chi connectivity index (χ4n) is 5.24. The number of carbonyl (C=O) groups excluding carboxylic acids is 2. The van der Waals surface area contributed by atoms with Crippen LogP contribution >= 0.6 is 0 Å². The Kier molecular flexibility index (Phi) is 3.10. The van der Waals surface area contributed by atoms with Gasteiger partial charge >= 0.3 is 17.9 Å². The van der Waals surface area contributed by atoms with Gasteiger partial charge in [-0.25, -0.2) is 4.99 Å². The number of hydrogen-bond acceptors (Lipinski definition) is 12. The molecule has 5 heterocycles. The third-order valence-electron chi connectivity index (χ3n) is 6.00. The number of rotatable bonds is 3. The Morgan fingerprint density at radius 2 is 2.00 bits per heavy atom. The molecule has 5 N–H and O–H groups in total. The molecule has 0 aromatic heterocycles. The van der Waals surface area contributed by atoms with Crippen LogP contribution in [0.15, 0.2) is 4.99 Å². The van der Waals surface area contributed by atoms with E-state index in [-0.39, 0.29) is 5.96 Å². The summed E-state index contributed by atoms with van der Waals surface area (Å²) in [6.07, 6.45) is -5.63. The topological polar surface area (TPSA) is 171 Å². The highest BCUT2D eigenvalue weighted by Gasteiger charge is 2.88. The minimum absolute atomic E-state index is 0.0430. The first-order chi connectivity index (χ1) is 12.6. The lowest BCUT2D eigenvalue weighted by atomic mass is 9.56. The molecular formula is C15H19N3O9. The van der Waals surface area contributed by atoms with Crippen LogP contribution in [0.2, 0.25) is 0 Å². The van der Waals surface area contributed by atoms with Crippen LogP contribution in [0.3, 0.4) is 0 Å². The molecule has 27 heavy (non-hydrogen) atoms. The van der Waals surface area contributed by atoms with Crippen LogP contribution in [0, 0.1) is 5.92 Å². The minimum Gasteiger partial charge on any atom is -0.461 e. The molecule has 1 spiro atoms. The van der Waals surface area contributed by atoms with E-state index < -0.39 is 72.2 Å². The van der Waals surface area contributed by atoms with E-state index in [2.05, 4.69) is 10.3 Å². The fourth-order valence-corrected chi connectivity index (χ4v) is 5.24. The predicted molar refractivity (Wildman–Crippen MR) is 81.5 cm³/mol. The van der Waals surface area contributed by atoms with Crippen molar-refractivity contribution in [1.82, 2.24) is 5.32 Å². The van der Waals surface area contributed by atoms with Crippen molar-refractivity contribution in [2.75, 3.05) is 6.61 Å². The van der Waals surface area contributed by atoms with Crippen LogP contribution in [0.4, 0.5) is 0 Å². The smallest absolute Gasteiger partial charge is 0.311 e. The number of ether oxygens (including phenoxy) is 5. The summed E-state index contributed by atoms with van der Waals surface area (Å²) in [6.45, 7) is 1.93. The maximum absolute atomic E-state index is 11.9. The molecular weight excluding hydrogens is 366 g/mol. The first kappa shape index (κ1) is 17.1. The van der Waals surface area contributed by atoms with Crippen LogP contribution in [0.5, 0.6) is 0 Å². The number of carbonyl (C=O) groups is 2. The van der Waals surface area contributed by atoms with E-state index in [1.54, 1.807) is 0 Å². The van der Waals surface area contributed by atoms with Gasteiger partial charge in [-0.15, -0.1) is 0 Å². The summed E-state index contributed by atoms with van der Waals surface area (Å²) in [6, 6.07) is 0. The van der Waals surface area contributed by atoms with Crippen molar-refractivity contribution in [2.45, 2.75) is 61.6 Å². The second kappa shape index (κ2) is 4.89. The summed E-state index contributed by atoms with van der Waals surface area (Å²) in [4.78, 5) is 27.5. The van der Waals surface area contributed by atoms with Crippen LogP contribution in [0.1, 0.15) is 13.8 Å². The molecule has 0 amide bonds. The highest BCUT2D eigenvalue weighted by atomic mass is 16.9. The zero-order valence-electron chi connectivity index (χ0n) is 14.4. The van der Waals surface area contributed by atoms with E-state index in [9.17, 15) is 19.8 Å². The predicted octanol–water partition coefficient (Wildman–Crippen LogP) is -3.33. The maximum Gasteiger partial charge on any atom is 0.311 e. The standard InChI is InChI=1S/C15H19N3O9/c1-4(19)23-3-13(25-5(2)20)8-6-10-17-12(16)18-14(6)7(21)9(13)27-15(22,26-8)11(14)24-10/h6-11,21-22H,3H2,1-2H3,(H3,16,17,18)/t6?,7-,8?,9-,10?,11+,13+,14?,15-/m1/s1. The number of aliphatic hydroxyl groups is 2. The van der Waals surface area contributed by atoms with Gasteiger partial charge in [-0.1, -0.05) is 0 Å². The summed E-state index contributed by atoms with van der Waals surface area (Å²) in [5, 5.41) is 25.0. The van der Waals surface area contributed by atoms with Crippen molar-refractivity contribution in [3.63, 3.8) is 0 Å². The average Bonchev–Trinajstić information content (AvgIpc) is 2.71. The molecule has 4 unspecified atom stereocenters. The van der Waals surface area contributed by atoms with Crippen molar-refractivity contribution in [3.05, 3.63) is 0 Å². The van der Waals surface area contributed by atoms with Crippen molar-refractivity contribution in [3.8, 4) is 0 Å². The third kappa shape index (κ3) is 1.82. The van der Waals surface area contributed by atoms with Crippen LogP contribution in [0.25, 0.3) is 0 Å². The van der Waals surface area contributed by atoms with Gasteiger partial charge in [-0.05, 0) is 0 Å². The molecule has 1 aliphatic carbocycles. The normalized spacial score (nSPS) is 53.6. The van der Waals surface area contributed by atoms with Gasteiger partial charge < -0.3 is 44.9 Å². The SMILES string of the molecule is CC(=O)OC[C@]1(OC(C)=O)C2O[C@@]3(O)O[C@@H]1[C@@H](O)C14NC(N)=NC(O[C@@H]13)C24. The highest BCUT2D eigenvalue weighted by molar-refractivity contribution is 5.81. The molecule has 6 aliphatic rings. The van der Waals surface area contributed by atoms with Crippen molar-refractivity contribution < 1.29 is 43.5 Å². The molecule has 6 rings (SSSR count). The molecule has 5 aliphatic heterocycles. The Balaban J connectivity index is 1.68. The quantitative estimate of drug-likeness (QED) is 0.358. The number of nitrogens with two attached hydrogens (primary N) is 1. The van der Waals surface area contributed by atoms with Gasteiger partial charge in [0.2, 0.25) is 5.60 Å². The number of esters is 2. The summed E-state index contributed by atoms with van der Waals surface area (Å²) in [5.74, 6) is -4.17. The largest absolute Gasteiger partial charge is 0.461 e. The molecule has 0 aromatic rings. The number of aliphatic hydroxyl groups excluding tert-OH is 1. The minimum atomic E-state index is -2.22. The summed E-state index contributed by atoms with van der Waals surface area (Å²) in [5.41, 5.74) is 2.88. The Hall–Kier alpha value is -1.99. The van der Waals surface area contributed by atoms with Gasteiger partial charge in [0.05, 0.1) is 5.92 Å². The number of nitrogens with zero attached hydrogens (tertiary/aromatic N) is 1. The van der Waals surface area contributed by atoms with E-state index in [0.717, 1.165) is 0 Å². The zero-order valence-corrected chi connectivity index (χ0v) is 14.4. The van der Waals surface area contributed by atoms with Crippen LogP contribution in [-0.2, 0) is 33.3 Å². The molecule has 148 valence electrons. The third-order valence-corrected chi connectivity index (χ3v) is 6.00. The maximum atomic E-state index is 11.9. The molecule has 9 atom stereocenters. The Morgan fingerprint density at radius 1 is 1.30 bits per heavy atom. The average molecular weight is 385 g/mol. The van der Waals surface area contributed by atoms with Crippen LogP contribution < -0.4 is 11.1 Å². The Labute approximate surface area is 152 Å². The number of nitrogens with one attached hydrogen (secondary N) is 1. The number of guanidine groups is 1. The van der Waals surface area contributed by atoms with E-state index in [1.165, 1.54) is 13.8 Å². The van der Waals surface area contributed by atoms with E-state index in [1.807, 2.05) is 0 Å². The lowest BCUT2D eigenvalue weighted by Crippen LogP contribution is -2.93. The molecule has 12 nitrogen and oxygen atoms in total. The van der Waals surface area contributed by atoms with Gasteiger partial charge in [0, 0.05) is 13.8 Å². The molecule has 12 heteroatoms. The lowest BCUT2D eigenvalue weighted by molar-refractivity contribution is -0.528. The van der Waals surface area contributed by atoms with Gasteiger partial charge in [-0.2, -0.15) is 0 Å². The van der Waals surface area contributed by atoms with Crippen molar-refractivity contribution >= 4 is 17.9 Å². The molecule has 0 radical (unpaired) electrons. The molecule has 5 fully saturated rings. The first-order valence-corrected chi connectivity index (χ1v) is 8.50. The molecule has 7 bridgehead atoms. The van der Waals surface area contributed by atoms with Gasteiger partial charge in [0.25, 0.3) is 0 Å². The van der Waals surface area contributed by atoms with E-state index >= 15 is 0 Å². The number of aliphatic imine (C=N–C) groups is 1. The number of hydrogen-bond donors (Lipinski definition) is 4. The summed E-state index contributed by atoms with van der Waals surface area (Å²) >= 11 is 0. The van der Waals surface area contributed by atoms with Gasteiger partial charge in [0.15, 0.2) is 18.3 Å². The highest BCUT2D eigenvalue weighted by Crippen LogP contribution is 2.64. The summed E-state index contributed by atoms with van der Waals surface area (Å²) in [7, 11) is 0. The molecule has 4 saturated heterocycles. The Morgan fingerprint density at radius 3 is 2.67 bits per heavy atom. The Bertz CT molecular complexity index is 776.